The molecule has 162 valence electrons. The van der Waals surface area contributed by atoms with Crippen LogP contribution in [0.2, 0.25) is 0 Å². The maximum Gasteiger partial charge on any atom is 0.256 e. The number of methoxy groups -OCH3 is 1. The van der Waals surface area contributed by atoms with Crippen LogP contribution in [-0.4, -0.2) is 41.6 Å². The minimum atomic E-state index is -0.755. The Balaban J connectivity index is 2.06. The monoisotopic (exact) mass is 430 g/mol. The van der Waals surface area contributed by atoms with Gasteiger partial charge >= 0.3 is 0 Å². The van der Waals surface area contributed by atoms with Crippen LogP contribution in [-0.2, 0) is 11.3 Å². The maximum absolute atomic E-state index is 14.2. The Labute approximate surface area is 175 Å². The highest BCUT2D eigenvalue weighted by atomic mass is 19.1. The summed E-state index contributed by atoms with van der Waals surface area (Å²) in [5.74, 6) is -2.32. The van der Waals surface area contributed by atoms with Gasteiger partial charge in [-0.25, -0.2) is 13.8 Å². The lowest BCUT2D eigenvalue weighted by Gasteiger charge is -2.15. The first kappa shape index (κ1) is 21.9. The van der Waals surface area contributed by atoms with Gasteiger partial charge in [0.15, 0.2) is 0 Å². The number of carbonyl (C=O) groups is 2. The summed E-state index contributed by atoms with van der Waals surface area (Å²) in [4.78, 5) is 40.6. The topological polar surface area (TPSA) is 102 Å². The van der Waals surface area contributed by atoms with Gasteiger partial charge in [-0.05, 0) is 18.2 Å². The van der Waals surface area contributed by atoms with Crippen LogP contribution in [0.1, 0.15) is 22.8 Å². The van der Waals surface area contributed by atoms with Gasteiger partial charge in [0.2, 0.25) is 17.2 Å². The van der Waals surface area contributed by atoms with Crippen molar-refractivity contribution < 1.29 is 23.1 Å². The fraction of sp³-hybridized carbons (Fsp3) is 0.238. The Hall–Kier alpha value is -3.82. The Kier molecular flexibility index (Phi) is 6.58. The van der Waals surface area contributed by atoms with Crippen molar-refractivity contribution in [3.05, 3.63) is 69.5 Å². The van der Waals surface area contributed by atoms with Crippen LogP contribution in [0.15, 0.2) is 41.3 Å². The molecule has 0 bridgehead atoms. The van der Waals surface area contributed by atoms with Crippen molar-refractivity contribution in [2.45, 2.75) is 13.5 Å². The van der Waals surface area contributed by atoms with E-state index in [9.17, 15) is 23.2 Å². The number of amides is 2. The molecule has 2 aromatic heterocycles. The van der Waals surface area contributed by atoms with Gasteiger partial charge in [-0.2, -0.15) is 0 Å². The highest BCUT2D eigenvalue weighted by Gasteiger charge is 2.19. The fourth-order valence-electron chi connectivity index (χ4n) is 3.01. The van der Waals surface area contributed by atoms with Crippen molar-refractivity contribution in [3.63, 3.8) is 0 Å². The van der Waals surface area contributed by atoms with E-state index in [0.717, 1.165) is 12.1 Å². The molecule has 8 nitrogen and oxygen atoms in total. The van der Waals surface area contributed by atoms with E-state index in [1.165, 1.54) is 43.0 Å². The van der Waals surface area contributed by atoms with Crippen LogP contribution in [0.4, 0.5) is 8.78 Å². The molecule has 0 saturated heterocycles. The predicted molar refractivity (Wildman–Crippen MR) is 109 cm³/mol. The van der Waals surface area contributed by atoms with E-state index in [0.29, 0.717) is 0 Å². The second kappa shape index (κ2) is 9.33. The van der Waals surface area contributed by atoms with E-state index in [-0.39, 0.29) is 53.6 Å². The average Bonchev–Trinajstić information content (AvgIpc) is 2.74. The largest absolute Gasteiger partial charge is 0.481 e. The number of aromatic nitrogens is 2. The van der Waals surface area contributed by atoms with Gasteiger partial charge in [0.05, 0.1) is 19.2 Å². The molecule has 2 amide bonds. The number of nitrogens with one attached hydrogen (secondary N) is 2. The maximum atomic E-state index is 14.2. The third-order valence-electron chi connectivity index (χ3n) is 4.53. The molecule has 0 fully saturated rings. The standard InChI is InChI=1S/C21H20F2N4O4/c1-12(28)24-8-9-25-21(30)14-11-27(10-13-15(22)4-3-5-16(13)23)17-6-7-18(31-2)26-19(17)20(14)29/h3-7,11H,8-10H2,1-2H3,(H,24,28)(H,25,30). The molecule has 1 aromatic carbocycles. The molecule has 3 aromatic rings. The average molecular weight is 430 g/mol. The molecule has 0 atom stereocenters. The van der Waals surface area contributed by atoms with Crippen LogP contribution in [0.5, 0.6) is 5.88 Å². The van der Waals surface area contributed by atoms with Crippen molar-refractivity contribution >= 4 is 22.8 Å². The smallest absolute Gasteiger partial charge is 0.256 e. The lowest BCUT2D eigenvalue weighted by atomic mass is 10.1. The van der Waals surface area contributed by atoms with Gasteiger partial charge in [0.1, 0.15) is 22.7 Å². The van der Waals surface area contributed by atoms with Crippen molar-refractivity contribution in [1.82, 2.24) is 20.2 Å². The summed E-state index contributed by atoms with van der Waals surface area (Å²) in [6.45, 7) is 1.33. The number of pyridine rings is 2. The second-order valence-electron chi connectivity index (χ2n) is 6.66. The SMILES string of the molecule is COc1ccc2c(n1)c(=O)c(C(=O)NCCNC(C)=O)cn2Cc1c(F)cccc1F. The summed E-state index contributed by atoms with van der Waals surface area (Å²) in [5, 5.41) is 5.05. The van der Waals surface area contributed by atoms with Crippen molar-refractivity contribution in [3.8, 4) is 5.88 Å². The van der Waals surface area contributed by atoms with Crippen LogP contribution in [0.25, 0.3) is 11.0 Å². The third-order valence-corrected chi connectivity index (χ3v) is 4.53. The van der Waals surface area contributed by atoms with Crippen LogP contribution in [0.3, 0.4) is 0 Å². The number of fused-ring (bicyclic) bond motifs is 1. The number of rotatable bonds is 7. The zero-order valence-electron chi connectivity index (χ0n) is 16.9. The summed E-state index contributed by atoms with van der Waals surface area (Å²) in [7, 11) is 1.38. The minimum Gasteiger partial charge on any atom is -0.481 e. The van der Waals surface area contributed by atoms with Gasteiger partial charge in [0, 0.05) is 37.8 Å². The first-order valence-corrected chi connectivity index (χ1v) is 9.35. The minimum absolute atomic E-state index is 0.0781. The summed E-state index contributed by atoms with van der Waals surface area (Å²) < 4.78 is 34.8. The quantitative estimate of drug-likeness (QED) is 0.555. The van der Waals surface area contributed by atoms with Crippen LogP contribution >= 0.6 is 0 Å². The molecule has 2 N–H and O–H groups in total. The summed E-state index contributed by atoms with van der Waals surface area (Å²) >= 11 is 0. The molecule has 10 heteroatoms. The Morgan fingerprint density at radius 3 is 2.42 bits per heavy atom. The summed E-state index contributed by atoms with van der Waals surface area (Å²) in [5.41, 5.74) is -0.932. The molecule has 0 unspecified atom stereocenters. The van der Waals surface area contributed by atoms with Gasteiger partial charge in [0.25, 0.3) is 5.91 Å². The molecule has 31 heavy (non-hydrogen) atoms. The number of nitrogens with zero attached hydrogens (tertiary/aromatic N) is 2. The normalized spacial score (nSPS) is 10.7. The Bertz CT molecular complexity index is 1190. The van der Waals surface area contributed by atoms with Crippen molar-refractivity contribution in [1.29, 1.82) is 0 Å². The van der Waals surface area contributed by atoms with Crippen LogP contribution in [0, 0.1) is 11.6 Å². The van der Waals surface area contributed by atoms with E-state index in [4.69, 9.17) is 4.74 Å². The number of hydrogen-bond donors (Lipinski definition) is 2. The van der Waals surface area contributed by atoms with Crippen LogP contribution < -0.4 is 20.8 Å². The lowest BCUT2D eigenvalue weighted by Crippen LogP contribution is -2.36. The fourth-order valence-corrected chi connectivity index (χ4v) is 3.01. The molecule has 0 spiro atoms. The predicted octanol–water partition coefficient (Wildman–Crippen LogP) is 1.60. The molecule has 0 aliphatic heterocycles. The molecule has 3 rings (SSSR count). The number of hydrogen-bond acceptors (Lipinski definition) is 5. The third kappa shape index (κ3) is 4.85. The first-order chi connectivity index (χ1) is 14.8. The van der Waals surface area contributed by atoms with E-state index >= 15 is 0 Å². The van der Waals surface area contributed by atoms with E-state index < -0.39 is 23.0 Å². The molecule has 0 saturated carbocycles. The highest BCUT2D eigenvalue weighted by Crippen LogP contribution is 2.19. The van der Waals surface area contributed by atoms with E-state index in [2.05, 4.69) is 15.6 Å². The Morgan fingerprint density at radius 2 is 1.77 bits per heavy atom. The number of halogens is 2. The Morgan fingerprint density at radius 1 is 1.10 bits per heavy atom. The van der Waals surface area contributed by atoms with Crippen molar-refractivity contribution in [2.24, 2.45) is 0 Å². The molecule has 2 heterocycles. The zero-order chi connectivity index (χ0) is 22.5. The van der Waals surface area contributed by atoms with Crippen molar-refractivity contribution in [2.75, 3.05) is 20.2 Å². The number of carbonyl (C=O) groups excluding carboxylic acids is 2. The summed E-state index contributed by atoms with van der Waals surface area (Å²) in [6, 6.07) is 6.53. The first-order valence-electron chi connectivity index (χ1n) is 9.35. The molecule has 0 aliphatic carbocycles. The van der Waals surface area contributed by atoms with E-state index in [1.54, 1.807) is 0 Å². The number of benzene rings is 1. The van der Waals surface area contributed by atoms with Gasteiger partial charge in [-0.1, -0.05) is 6.07 Å². The van der Waals surface area contributed by atoms with E-state index in [1.807, 2.05) is 0 Å². The number of ether oxygens (including phenoxy) is 1. The lowest BCUT2D eigenvalue weighted by molar-refractivity contribution is -0.118. The van der Waals surface area contributed by atoms with Gasteiger partial charge in [-0.3, -0.25) is 14.4 Å². The van der Waals surface area contributed by atoms with Gasteiger partial charge in [-0.15, -0.1) is 0 Å². The molecule has 0 aliphatic rings. The molecule has 0 radical (unpaired) electrons. The summed E-state index contributed by atoms with van der Waals surface area (Å²) in [6.07, 6.45) is 1.23. The highest BCUT2D eigenvalue weighted by molar-refractivity contribution is 5.96. The van der Waals surface area contributed by atoms with Gasteiger partial charge < -0.3 is 19.9 Å². The molecular weight excluding hydrogens is 410 g/mol. The zero-order valence-corrected chi connectivity index (χ0v) is 16.9. The second-order valence-corrected chi connectivity index (χ2v) is 6.66. The molecular formula is C21H20F2N4O4.